The smallest absolute Gasteiger partial charge is 0.338 e. The first kappa shape index (κ1) is 21.1. The molecule has 2 aromatic rings. The van der Waals surface area contributed by atoms with E-state index in [-0.39, 0.29) is 21.8 Å². The lowest BCUT2D eigenvalue weighted by atomic mass is 10.1. The van der Waals surface area contributed by atoms with Gasteiger partial charge in [0, 0.05) is 24.7 Å². The fourth-order valence-corrected chi connectivity index (χ4v) is 3.46. The molecule has 0 saturated carbocycles. The number of nitro benzene ring substituents is 1. The maximum Gasteiger partial charge on any atom is 0.338 e. The molecule has 29 heavy (non-hydrogen) atoms. The molecule has 0 aliphatic carbocycles. The number of esters is 1. The number of hydrogen-bond donors (Lipinski definition) is 0. The van der Waals surface area contributed by atoms with Crippen LogP contribution in [0.25, 0.3) is 0 Å². The van der Waals surface area contributed by atoms with E-state index >= 15 is 0 Å². The lowest BCUT2D eigenvalue weighted by Crippen LogP contribution is -2.30. The second kappa shape index (κ2) is 9.24. The number of benzene rings is 2. The van der Waals surface area contributed by atoms with Gasteiger partial charge in [0.05, 0.1) is 20.5 Å². The summed E-state index contributed by atoms with van der Waals surface area (Å²) in [4.78, 5) is 37.4. The standard InChI is InChI=1S/C20H18Cl2N2O5/c21-15-6-4-13(10-16(15)22)19(25)12-29-20(26)14-5-7-17(18(11-14)24(27)28)23-8-2-1-3-9-23/h4-7,10-11H,1-3,8-9,12H2. The zero-order chi connectivity index (χ0) is 21.0. The topological polar surface area (TPSA) is 89.8 Å². The van der Waals surface area contributed by atoms with Crippen molar-refractivity contribution in [3.05, 3.63) is 67.7 Å². The summed E-state index contributed by atoms with van der Waals surface area (Å²) >= 11 is 11.7. The first-order chi connectivity index (χ1) is 13.9. The molecule has 2 aromatic carbocycles. The number of ether oxygens (including phenoxy) is 1. The number of nitro groups is 1. The fourth-order valence-electron chi connectivity index (χ4n) is 3.17. The van der Waals surface area contributed by atoms with Crippen molar-refractivity contribution in [3.8, 4) is 0 Å². The van der Waals surface area contributed by atoms with E-state index in [0.29, 0.717) is 10.7 Å². The van der Waals surface area contributed by atoms with Crippen molar-refractivity contribution in [1.29, 1.82) is 0 Å². The summed E-state index contributed by atoms with van der Waals surface area (Å²) in [5, 5.41) is 12.0. The van der Waals surface area contributed by atoms with Crippen LogP contribution in [0.4, 0.5) is 11.4 Å². The van der Waals surface area contributed by atoms with Crippen molar-refractivity contribution in [2.45, 2.75) is 19.3 Å². The lowest BCUT2D eigenvalue weighted by molar-refractivity contribution is -0.384. The van der Waals surface area contributed by atoms with Gasteiger partial charge in [0.15, 0.2) is 12.4 Å². The van der Waals surface area contributed by atoms with Crippen molar-refractivity contribution in [2.75, 3.05) is 24.6 Å². The number of ketones is 1. The second-order valence-electron chi connectivity index (χ2n) is 6.64. The molecule has 7 nitrogen and oxygen atoms in total. The highest BCUT2D eigenvalue weighted by Crippen LogP contribution is 2.31. The molecule has 152 valence electrons. The van der Waals surface area contributed by atoms with E-state index in [1.54, 1.807) is 6.07 Å². The van der Waals surface area contributed by atoms with Gasteiger partial charge in [0.25, 0.3) is 5.69 Å². The third kappa shape index (κ3) is 5.05. The van der Waals surface area contributed by atoms with Gasteiger partial charge in [-0.05, 0) is 49.6 Å². The Morgan fingerprint density at radius 1 is 1.00 bits per heavy atom. The average Bonchev–Trinajstić information content (AvgIpc) is 2.73. The van der Waals surface area contributed by atoms with Crippen molar-refractivity contribution >= 4 is 46.3 Å². The molecule has 0 N–H and O–H groups in total. The second-order valence-corrected chi connectivity index (χ2v) is 7.45. The summed E-state index contributed by atoms with van der Waals surface area (Å²) < 4.78 is 5.03. The van der Waals surface area contributed by atoms with Crippen molar-refractivity contribution in [2.24, 2.45) is 0 Å². The molecule has 0 amide bonds. The van der Waals surface area contributed by atoms with E-state index in [2.05, 4.69) is 0 Å². The van der Waals surface area contributed by atoms with Crippen LogP contribution in [-0.2, 0) is 4.74 Å². The number of nitrogens with zero attached hydrogens (tertiary/aromatic N) is 2. The van der Waals surface area contributed by atoms with E-state index in [4.69, 9.17) is 27.9 Å². The predicted octanol–water partition coefficient (Wildman–Crippen LogP) is 4.93. The fraction of sp³-hybridized carbons (Fsp3) is 0.300. The Kier molecular flexibility index (Phi) is 6.71. The van der Waals surface area contributed by atoms with Gasteiger partial charge in [0.1, 0.15) is 5.69 Å². The molecule has 0 bridgehead atoms. The first-order valence-electron chi connectivity index (χ1n) is 9.05. The molecule has 0 spiro atoms. The number of anilines is 1. The first-order valence-corrected chi connectivity index (χ1v) is 9.81. The Hall–Kier alpha value is -2.64. The molecule has 0 radical (unpaired) electrons. The molecule has 1 heterocycles. The molecule has 0 atom stereocenters. The number of carbonyl (C=O) groups is 2. The van der Waals surface area contributed by atoms with Gasteiger partial charge >= 0.3 is 5.97 Å². The molecule has 1 aliphatic heterocycles. The largest absolute Gasteiger partial charge is 0.454 e. The quantitative estimate of drug-likeness (QED) is 0.276. The molecule has 1 saturated heterocycles. The van der Waals surface area contributed by atoms with Crippen molar-refractivity contribution < 1.29 is 19.2 Å². The summed E-state index contributed by atoms with van der Waals surface area (Å²) in [5.41, 5.74) is 0.591. The van der Waals surface area contributed by atoms with Gasteiger partial charge in [-0.1, -0.05) is 23.2 Å². The minimum absolute atomic E-state index is 0.0133. The van der Waals surface area contributed by atoms with Crippen LogP contribution in [0.15, 0.2) is 36.4 Å². The lowest BCUT2D eigenvalue weighted by Gasteiger charge is -2.28. The van der Waals surface area contributed by atoms with E-state index in [9.17, 15) is 19.7 Å². The zero-order valence-corrected chi connectivity index (χ0v) is 16.9. The van der Waals surface area contributed by atoms with Gasteiger partial charge in [-0.25, -0.2) is 4.79 Å². The Bertz CT molecular complexity index is 958. The average molecular weight is 437 g/mol. The molecule has 1 aliphatic rings. The maximum absolute atomic E-state index is 12.3. The number of rotatable bonds is 6. The normalized spacial score (nSPS) is 13.8. The Labute approximate surface area is 177 Å². The van der Waals surface area contributed by atoms with Gasteiger partial charge in [-0.3, -0.25) is 14.9 Å². The van der Waals surface area contributed by atoms with Crippen LogP contribution in [0, 0.1) is 10.1 Å². The van der Waals surface area contributed by atoms with Crippen LogP contribution in [0.1, 0.15) is 40.0 Å². The van der Waals surface area contributed by atoms with E-state index < -0.39 is 23.3 Å². The van der Waals surface area contributed by atoms with Gasteiger partial charge < -0.3 is 9.64 Å². The Balaban J connectivity index is 1.71. The number of halogens is 2. The maximum atomic E-state index is 12.3. The number of piperidine rings is 1. The van der Waals surface area contributed by atoms with Crippen molar-refractivity contribution in [1.82, 2.24) is 0 Å². The molecule has 3 rings (SSSR count). The predicted molar refractivity (Wildman–Crippen MR) is 110 cm³/mol. The third-order valence-corrected chi connectivity index (χ3v) is 5.42. The summed E-state index contributed by atoms with van der Waals surface area (Å²) in [7, 11) is 0. The summed E-state index contributed by atoms with van der Waals surface area (Å²) in [6.45, 7) is 0.962. The Morgan fingerprint density at radius 3 is 2.34 bits per heavy atom. The van der Waals surface area contributed by atoms with Crippen LogP contribution in [-0.4, -0.2) is 36.4 Å². The van der Waals surface area contributed by atoms with E-state index in [1.807, 2.05) is 4.90 Å². The number of hydrogen-bond acceptors (Lipinski definition) is 6. The van der Waals surface area contributed by atoms with Gasteiger partial charge in [-0.2, -0.15) is 0 Å². The van der Waals surface area contributed by atoms with Crippen LogP contribution >= 0.6 is 23.2 Å². The van der Waals surface area contributed by atoms with E-state index in [0.717, 1.165) is 32.4 Å². The zero-order valence-electron chi connectivity index (χ0n) is 15.4. The summed E-state index contributed by atoms with van der Waals surface area (Å²) in [5.74, 6) is -1.27. The highest BCUT2D eigenvalue weighted by Gasteiger charge is 2.24. The minimum atomic E-state index is -0.813. The van der Waals surface area contributed by atoms with Crippen LogP contribution in [0.3, 0.4) is 0 Å². The van der Waals surface area contributed by atoms with Crippen LogP contribution in [0.5, 0.6) is 0 Å². The molecular formula is C20H18Cl2N2O5. The van der Waals surface area contributed by atoms with Crippen LogP contribution < -0.4 is 4.90 Å². The molecule has 0 unspecified atom stereocenters. The van der Waals surface area contributed by atoms with Crippen LogP contribution in [0.2, 0.25) is 10.0 Å². The summed E-state index contributed by atoms with van der Waals surface area (Å²) in [6, 6.07) is 8.56. The Morgan fingerprint density at radius 2 is 1.69 bits per heavy atom. The monoisotopic (exact) mass is 436 g/mol. The SMILES string of the molecule is O=C(COC(=O)c1ccc(N2CCCCC2)c([N+](=O)[O-])c1)c1ccc(Cl)c(Cl)c1. The molecule has 9 heteroatoms. The molecular weight excluding hydrogens is 419 g/mol. The van der Waals surface area contributed by atoms with Gasteiger partial charge in [0.2, 0.25) is 0 Å². The highest BCUT2D eigenvalue weighted by atomic mass is 35.5. The van der Waals surface area contributed by atoms with Crippen molar-refractivity contribution in [3.63, 3.8) is 0 Å². The number of carbonyl (C=O) groups excluding carboxylic acids is 2. The minimum Gasteiger partial charge on any atom is -0.454 e. The highest BCUT2D eigenvalue weighted by molar-refractivity contribution is 6.42. The van der Waals surface area contributed by atoms with Gasteiger partial charge in [-0.15, -0.1) is 0 Å². The molecule has 0 aromatic heterocycles. The third-order valence-electron chi connectivity index (χ3n) is 4.68. The molecule has 1 fully saturated rings. The summed E-state index contributed by atoms with van der Waals surface area (Å²) in [6.07, 6.45) is 3.04. The number of Topliss-reactive ketones (excluding diaryl/α,β-unsaturated/α-hetero) is 1. The van der Waals surface area contributed by atoms with E-state index in [1.165, 1.54) is 30.3 Å².